The van der Waals surface area contributed by atoms with Crippen LogP contribution in [0.5, 0.6) is 0 Å². The molecule has 0 unspecified atom stereocenters. The van der Waals surface area contributed by atoms with E-state index >= 15 is 0 Å². The van der Waals surface area contributed by atoms with Crippen molar-refractivity contribution < 1.29 is 28.5 Å². The lowest BCUT2D eigenvalue weighted by atomic mass is 9.90. The molecule has 2 aliphatic heterocycles. The van der Waals surface area contributed by atoms with Crippen molar-refractivity contribution in [2.45, 2.75) is 38.3 Å². The molecule has 3 rings (SSSR count). The van der Waals surface area contributed by atoms with Crippen molar-refractivity contribution in [1.29, 1.82) is 0 Å². The van der Waals surface area contributed by atoms with Crippen LogP contribution in [0.4, 0.5) is 0 Å². The molecule has 15 heavy (non-hydrogen) atoms. The van der Waals surface area contributed by atoms with Crippen LogP contribution < -0.4 is 24.0 Å². The van der Waals surface area contributed by atoms with E-state index in [0.717, 1.165) is 6.04 Å². The molecule has 2 atom stereocenters. The van der Waals surface area contributed by atoms with Crippen molar-refractivity contribution in [2.24, 2.45) is 0 Å². The van der Waals surface area contributed by atoms with E-state index < -0.39 is 0 Å². The summed E-state index contributed by atoms with van der Waals surface area (Å²) in [7, 11) is 2.46. The Hall–Kier alpha value is 0.390. The summed E-state index contributed by atoms with van der Waals surface area (Å²) in [6, 6.07) is 3.27. The number of piperidine rings is 1. The highest BCUT2D eigenvalue weighted by molar-refractivity contribution is 7.10. The number of hydrogen-bond acceptors (Lipinski definition) is 1. The first-order valence-corrected chi connectivity index (χ1v) is 6.55. The van der Waals surface area contributed by atoms with E-state index in [2.05, 4.69) is 18.5 Å². The maximum absolute atomic E-state index is 2.46. The zero-order valence-corrected chi connectivity index (χ0v) is 12.2. The molecule has 0 bridgehead atoms. The van der Waals surface area contributed by atoms with Gasteiger partial charge in [-0.25, -0.2) is 0 Å². The van der Waals surface area contributed by atoms with Crippen molar-refractivity contribution in [3.8, 4) is 0 Å². The molecule has 1 aromatic heterocycles. The van der Waals surface area contributed by atoms with Crippen molar-refractivity contribution in [1.82, 2.24) is 0 Å². The minimum atomic E-state index is 0. The molecule has 0 amide bonds. The van der Waals surface area contributed by atoms with Gasteiger partial charge in [0.25, 0.3) is 0 Å². The van der Waals surface area contributed by atoms with Crippen LogP contribution in [0.25, 0.3) is 0 Å². The highest BCUT2D eigenvalue weighted by Gasteiger charge is 2.40. The zero-order valence-electron chi connectivity index (χ0n) is 9.21. The van der Waals surface area contributed by atoms with Crippen molar-refractivity contribution in [3.63, 3.8) is 0 Å². The van der Waals surface area contributed by atoms with Crippen LogP contribution in [0.1, 0.15) is 29.7 Å². The van der Waals surface area contributed by atoms with Crippen LogP contribution in [0.15, 0.2) is 11.4 Å². The first-order chi connectivity index (χ1) is 6.78. The third kappa shape index (κ3) is 1.98. The first-order valence-electron chi connectivity index (χ1n) is 5.67. The molecule has 3 heterocycles. The number of halogens is 1. The number of thiophene rings is 1. The van der Waals surface area contributed by atoms with Gasteiger partial charge in [0, 0.05) is 6.42 Å². The molecule has 0 aliphatic carbocycles. The summed E-state index contributed by atoms with van der Waals surface area (Å²) >= 11 is 1.96. The lowest BCUT2D eigenvalue weighted by Gasteiger charge is -2.47. The molecule has 0 aromatic carbocycles. The lowest BCUT2D eigenvalue weighted by Crippen LogP contribution is -3.00. The maximum Gasteiger partial charge on any atom is 0.114 e. The first kappa shape index (κ1) is 11.9. The van der Waals surface area contributed by atoms with Gasteiger partial charge in [0.15, 0.2) is 0 Å². The Morgan fingerprint density at radius 1 is 1.40 bits per heavy atom. The third-order valence-corrected chi connectivity index (χ3v) is 5.08. The predicted molar refractivity (Wildman–Crippen MR) is 60.4 cm³/mol. The monoisotopic (exact) mass is 335 g/mol. The smallest absolute Gasteiger partial charge is 0.114 e. The second kappa shape index (κ2) is 4.34. The van der Waals surface area contributed by atoms with Crippen LogP contribution in [0, 0.1) is 0 Å². The molecular formula is C12H18INS. The van der Waals surface area contributed by atoms with Gasteiger partial charge in [0.05, 0.1) is 24.5 Å². The van der Waals surface area contributed by atoms with Crippen LogP contribution in [-0.4, -0.2) is 24.1 Å². The average molecular weight is 335 g/mol. The fourth-order valence-electron chi connectivity index (χ4n) is 3.15. The summed E-state index contributed by atoms with van der Waals surface area (Å²) in [6.45, 7) is 2.71. The van der Waals surface area contributed by atoms with E-state index in [9.17, 15) is 0 Å². The van der Waals surface area contributed by atoms with Crippen molar-refractivity contribution >= 4 is 11.3 Å². The second-order valence-electron chi connectivity index (χ2n) is 5.08. The number of nitrogens with zero attached hydrogens (tertiary/aromatic N) is 1. The van der Waals surface area contributed by atoms with Gasteiger partial charge in [-0.05, 0) is 36.3 Å². The van der Waals surface area contributed by atoms with Gasteiger partial charge in [-0.1, -0.05) is 0 Å². The number of likely N-dealkylation sites (N-methyl/N-ethyl adjacent to an activating group) is 1. The Morgan fingerprint density at radius 2 is 2.27 bits per heavy atom. The Bertz CT molecular complexity index is 349. The quantitative estimate of drug-likeness (QED) is 0.455. The standard InChI is InChI=1S/C12H18NS.HI/c1-13-6-3-2-4-11(13)8-10-5-7-14-12(10)9-13;/h5,7,11H,2-4,6,8-9H2,1H3;1H/q+1;/p-1/t11-,13-;/m1./s1. The summed E-state index contributed by atoms with van der Waals surface area (Å²) < 4.78 is 1.33. The molecule has 0 spiro atoms. The lowest BCUT2D eigenvalue weighted by molar-refractivity contribution is -0.952. The predicted octanol–water partition coefficient (Wildman–Crippen LogP) is -0.193. The topological polar surface area (TPSA) is 0 Å². The molecule has 3 heteroatoms. The summed E-state index contributed by atoms with van der Waals surface area (Å²) in [5, 5.41) is 2.27. The van der Waals surface area contributed by atoms with E-state index in [0.29, 0.717) is 0 Å². The SMILES string of the molecule is C[N@+]12CCCC[C@@H]1Cc1ccsc1C2.[I-]. The molecule has 1 saturated heterocycles. The van der Waals surface area contributed by atoms with Gasteiger partial charge < -0.3 is 28.5 Å². The summed E-state index contributed by atoms with van der Waals surface area (Å²) in [6.07, 6.45) is 5.69. The summed E-state index contributed by atoms with van der Waals surface area (Å²) in [5.41, 5.74) is 1.65. The van der Waals surface area contributed by atoms with Crippen LogP contribution >= 0.6 is 11.3 Å². The molecular weight excluding hydrogens is 317 g/mol. The third-order valence-electron chi connectivity index (χ3n) is 4.14. The minimum absolute atomic E-state index is 0. The van der Waals surface area contributed by atoms with Gasteiger partial charge >= 0.3 is 0 Å². The van der Waals surface area contributed by atoms with Gasteiger partial charge in [-0.15, -0.1) is 11.3 Å². The largest absolute Gasteiger partial charge is 1.00 e. The molecule has 2 aliphatic rings. The van der Waals surface area contributed by atoms with Crippen LogP contribution in [0.2, 0.25) is 0 Å². The Kier molecular flexibility index (Phi) is 3.43. The van der Waals surface area contributed by atoms with Crippen LogP contribution in [-0.2, 0) is 13.0 Å². The number of fused-ring (bicyclic) bond motifs is 2. The number of quaternary nitrogens is 1. The highest BCUT2D eigenvalue weighted by atomic mass is 127. The van der Waals surface area contributed by atoms with Gasteiger partial charge in [0.2, 0.25) is 0 Å². The molecule has 1 fully saturated rings. The second-order valence-corrected chi connectivity index (χ2v) is 6.08. The van der Waals surface area contributed by atoms with Crippen LogP contribution in [0.3, 0.4) is 0 Å². The summed E-state index contributed by atoms with van der Waals surface area (Å²) in [4.78, 5) is 1.66. The van der Waals surface area contributed by atoms with E-state index in [-0.39, 0.29) is 24.0 Å². The minimum Gasteiger partial charge on any atom is -1.00 e. The summed E-state index contributed by atoms with van der Waals surface area (Å²) in [5.74, 6) is 0. The zero-order chi connectivity index (χ0) is 9.60. The van der Waals surface area contributed by atoms with E-state index in [4.69, 9.17) is 0 Å². The van der Waals surface area contributed by atoms with Crippen molar-refractivity contribution in [2.75, 3.05) is 13.6 Å². The molecule has 84 valence electrons. The van der Waals surface area contributed by atoms with E-state index in [1.54, 1.807) is 10.4 Å². The number of hydrogen-bond donors (Lipinski definition) is 0. The maximum atomic E-state index is 2.46. The van der Waals surface area contributed by atoms with Crippen molar-refractivity contribution in [3.05, 3.63) is 21.9 Å². The molecule has 0 saturated carbocycles. The van der Waals surface area contributed by atoms with Gasteiger partial charge in [-0.3, -0.25) is 0 Å². The number of rotatable bonds is 0. The molecule has 0 N–H and O–H groups in total. The molecule has 0 radical (unpaired) electrons. The fraction of sp³-hybridized carbons (Fsp3) is 0.667. The average Bonchev–Trinajstić information content (AvgIpc) is 2.59. The highest BCUT2D eigenvalue weighted by Crippen LogP contribution is 2.36. The Balaban J connectivity index is 0.000000853. The Morgan fingerprint density at radius 3 is 3.13 bits per heavy atom. The molecule has 1 nitrogen and oxygen atoms in total. The van der Waals surface area contributed by atoms with E-state index in [1.165, 1.54) is 43.3 Å². The Labute approximate surface area is 113 Å². The van der Waals surface area contributed by atoms with Gasteiger partial charge in [0.1, 0.15) is 6.54 Å². The molecule has 1 aromatic rings. The normalized spacial score (nSPS) is 33.8. The fourth-order valence-corrected chi connectivity index (χ4v) is 4.22. The van der Waals surface area contributed by atoms with E-state index in [1.807, 2.05) is 11.3 Å². The van der Waals surface area contributed by atoms with Gasteiger partial charge in [-0.2, -0.15) is 0 Å².